The summed E-state index contributed by atoms with van der Waals surface area (Å²) >= 11 is 0. The average Bonchev–Trinajstić information content (AvgIpc) is 3.36. The minimum absolute atomic E-state index is 0.113. The van der Waals surface area contributed by atoms with Crippen LogP contribution in [0, 0.1) is 5.92 Å². The fraction of sp³-hybridized carbons (Fsp3) is 0.579. The summed E-state index contributed by atoms with van der Waals surface area (Å²) in [5, 5.41) is 5.94. The van der Waals surface area contributed by atoms with Gasteiger partial charge in [0.05, 0.1) is 19.3 Å². The van der Waals surface area contributed by atoms with Crippen molar-refractivity contribution >= 4 is 5.91 Å². The Labute approximate surface area is 154 Å². The molecule has 2 aliphatic heterocycles. The zero-order valence-corrected chi connectivity index (χ0v) is 15.4. The summed E-state index contributed by atoms with van der Waals surface area (Å²) < 4.78 is 4.25. The molecule has 4 heterocycles. The molecule has 0 aliphatic carbocycles. The van der Waals surface area contributed by atoms with Crippen LogP contribution in [0.4, 0.5) is 0 Å². The Hall–Kier alpha value is -2.12. The predicted octanol–water partition coefficient (Wildman–Crippen LogP) is 1.89. The molecular weight excluding hydrogens is 330 g/mol. The minimum atomic E-state index is 0.113. The van der Waals surface area contributed by atoms with E-state index in [9.17, 15) is 4.79 Å². The van der Waals surface area contributed by atoms with Crippen molar-refractivity contribution in [2.45, 2.75) is 45.9 Å². The summed E-state index contributed by atoms with van der Waals surface area (Å²) in [7, 11) is 0. The minimum Gasteiger partial charge on any atom is -0.350 e. The average molecular weight is 357 g/mol. The number of aromatic nitrogens is 3. The van der Waals surface area contributed by atoms with Crippen molar-refractivity contribution in [2.75, 3.05) is 19.7 Å². The van der Waals surface area contributed by atoms with Crippen molar-refractivity contribution in [2.24, 2.45) is 5.92 Å². The molecule has 1 amide bonds. The number of carbonyl (C=O) groups is 1. The normalized spacial score (nSPS) is 21.0. The molecule has 0 saturated carbocycles. The van der Waals surface area contributed by atoms with Crippen LogP contribution in [0.5, 0.6) is 0 Å². The second-order valence-corrected chi connectivity index (χ2v) is 7.28. The molecule has 26 heavy (non-hydrogen) atoms. The number of carbonyl (C=O) groups excluding carboxylic acids is 1. The molecule has 7 nitrogen and oxygen atoms in total. The van der Waals surface area contributed by atoms with Gasteiger partial charge in [-0.1, -0.05) is 0 Å². The number of hydrogen-bond donors (Lipinski definition) is 0. The van der Waals surface area contributed by atoms with Crippen molar-refractivity contribution in [1.29, 1.82) is 0 Å². The van der Waals surface area contributed by atoms with Crippen molar-refractivity contribution in [3.05, 3.63) is 42.0 Å². The summed E-state index contributed by atoms with van der Waals surface area (Å²) in [6, 6.07) is 4.27. The van der Waals surface area contributed by atoms with Gasteiger partial charge in [0.15, 0.2) is 0 Å². The van der Waals surface area contributed by atoms with Crippen LogP contribution in [0.1, 0.15) is 31.0 Å². The molecule has 140 valence electrons. The lowest BCUT2D eigenvalue weighted by Gasteiger charge is -2.24. The van der Waals surface area contributed by atoms with E-state index < -0.39 is 0 Å². The van der Waals surface area contributed by atoms with Gasteiger partial charge >= 0.3 is 0 Å². The molecule has 1 fully saturated rings. The highest BCUT2D eigenvalue weighted by Gasteiger charge is 2.27. The molecule has 1 atom stereocenters. The second-order valence-electron chi connectivity index (χ2n) is 7.28. The first-order valence-electron chi connectivity index (χ1n) is 9.52. The van der Waals surface area contributed by atoms with E-state index in [2.05, 4.69) is 46.0 Å². The van der Waals surface area contributed by atoms with E-state index in [4.69, 9.17) is 4.84 Å². The van der Waals surface area contributed by atoms with Gasteiger partial charge in [0, 0.05) is 62.8 Å². The molecule has 0 spiro atoms. The number of hydroxylamine groups is 2. The van der Waals surface area contributed by atoms with E-state index in [1.54, 1.807) is 5.06 Å². The third-order valence-corrected chi connectivity index (χ3v) is 5.19. The summed E-state index contributed by atoms with van der Waals surface area (Å²) in [5.74, 6) is 0.392. The summed E-state index contributed by atoms with van der Waals surface area (Å²) in [6.07, 6.45) is 7.65. The second kappa shape index (κ2) is 7.63. The van der Waals surface area contributed by atoms with Gasteiger partial charge in [-0.15, -0.1) is 0 Å². The van der Waals surface area contributed by atoms with Crippen LogP contribution in [0.3, 0.4) is 0 Å². The highest BCUT2D eigenvalue weighted by Crippen LogP contribution is 2.22. The number of aryl methyl sites for hydroxylation is 1. The summed E-state index contributed by atoms with van der Waals surface area (Å²) in [4.78, 5) is 20.4. The molecule has 4 rings (SSSR count). The largest absolute Gasteiger partial charge is 0.350 e. The molecule has 0 N–H and O–H groups in total. The molecule has 2 aliphatic rings. The van der Waals surface area contributed by atoms with Crippen molar-refractivity contribution in [1.82, 2.24) is 24.3 Å². The predicted molar refractivity (Wildman–Crippen MR) is 96.8 cm³/mol. The van der Waals surface area contributed by atoms with Gasteiger partial charge in [-0.25, -0.2) is 5.06 Å². The molecule has 0 radical (unpaired) electrons. The van der Waals surface area contributed by atoms with Crippen molar-refractivity contribution in [3.8, 4) is 0 Å². The van der Waals surface area contributed by atoms with E-state index in [-0.39, 0.29) is 11.8 Å². The smallest absolute Gasteiger partial charge is 0.246 e. The molecule has 2 aromatic rings. The van der Waals surface area contributed by atoms with Crippen LogP contribution in [-0.4, -0.2) is 49.9 Å². The Morgan fingerprint density at radius 3 is 3.08 bits per heavy atom. The molecule has 1 saturated heterocycles. The molecule has 0 aromatic carbocycles. The van der Waals surface area contributed by atoms with Crippen LogP contribution in [-0.2, 0) is 35.8 Å². The lowest BCUT2D eigenvalue weighted by molar-refractivity contribution is -0.170. The van der Waals surface area contributed by atoms with E-state index in [0.29, 0.717) is 13.0 Å². The van der Waals surface area contributed by atoms with Crippen LogP contribution >= 0.6 is 0 Å². The van der Waals surface area contributed by atoms with Crippen LogP contribution < -0.4 is 0 Å². The van der Waals surface area contributed by atoms with Crippen molar-refractivity contribution in [3.63, 3.8) is 0 Å². The maximum atomic E-state index is 12.5. The van der Waals surface area contributed by atoms with E-state index in [0.717, 1.165) is 45.7 Å². The number of amides is 1. The number of nitrogens with zero attached hydrogens (tertiary/aromatic N) is 5. The Kier molecular flexibility index (Phi) is 5.08. The summed E-state index contributed by atoms with van der Waals surface area (Å²) in [5.41, 5.74) is 2.53. The topological polar surface area (TPSA) is 55.5 Å². The van der Waals surface area contributed by atoms with Gasteiger partial charge in [-0.05, 0) is 31.4 Å². The lowest BCUT2D eigenvalue weighted by atomic mass is 10.0. The fourth-order valence-corrected chi connectivity index (χ4v) is 3.93. The zero-order chi connectivity index (χ0) is 17.9. The van der Waals surface area contributed by atoms with Gasteiger partial charge in [0.2, 0.25) is 5.91 Å². The molecule has 0 unspecified atom stereocenters. The molecular formula is C19H27N5O2. The Balaban J connectivity index is 1.46. The molecule has 7 heteroatoms. The van der Waals surface area contributed by atoms with Gasteiger partial charge in [-0.3, -0.25) is 19.2 Å². The maximum absolute atomic E-state index is 12.5. The fourth-order valence-electron chi connectivity index (χ4n) is 3.93. The number of rotatable bonds is 5. The first-order valence-corrected chi connectivity index (χ1v) is 9.52. The monoisotopic (exact) mass is 357 g/mol. The Bertz CT molecular complexity index is 747. The first-order chi connectivity index (χ1) is 12.7. The Morgan fingerprint density at radius 2 is 2.31 bits per heavy atom. The van der Waals surface area contributed by atoms with Gasteiger partial charge < -0.3 is 4.57 Å². The maximum Gasteiger partial charge on any atom is 0.246 e. The summed E-state index contributed by atoms with van der Waals surface area (Å²) in [6.45, 7) is 7.90. The first kappa shape index (κ1) is 17.3. The van der Waals surface area contributed by atoms with Crippen LogP contribution in [0.15, 0.2) is 30.7 Å². The quantitative estimate of drug-likeness (QED) is 0.820. The van der Waals surface area contributed by atoms with E-state index >= 15 is 0 Å². The lowest BCUT2D eigenvalue weighted by Crippen LogP contribution is -2.33. The highest BCUT2D eigenvalue weighted by molar-refractivity contribution is 5.75. The third-order valence-electron chi connectivity index (χ3n) is 5.19. The zero-order valence-electron chi connectivity index (χ0n) is 15.4. The van der Waals surface area contributed by atoms with E-state index in [1.807, 2.05) is 10.9 Å². The van der Waals surface area contributed by atoms with Gasteiger partial charge in [0.25, 0.3) is 0 Å². The Morgan fingerprint density at radius 1 is 1.38 bits per heavy atom. The SMILES string of the molecule is CCn1cc(CN2Cc3cccn3C[C@@H](CC(=O)N3CCCO3)C2)cn1. The standard InChI is InChI=1S/C19H27N5O2/c1-2-23-14-17(10-20-23)12-21-11-16(9-19(25)24-7-4-8-26-24)13-22-6-3-5-18(22)15-21/h3,5-6,10,14,16H,2,4,7-9,11-13,15H2,1H3/t16-/m0/s1. The number of fused-ring (bicyclic) bond motifs is 1. The van der Waals surface area contributed by atoms with Crippen LogP contribution in [0.2, 0.25) is 0 Å². The van der Waals surface area contributed by atoms with Crippen molar-refractivity contribution < 1.29 is 9.63 Å². The third kappa shape index (κ3) is 3.83. The van der Waals surface area contributed by atoms with Crippen LogP contribution in [0.25, 0.3) is 0 Å². The highest BCUT2D eigenvalue weighted by atomic mass is 16.7. The molecule has 0 bridgehead atoms. The van der Waals surface area contributed by atoms with Gasteiger partial charge in [-0.2, -0.15) is 5.10 Å². The molecule has 2 aromatic heterocycles. The van der Waals surface area contributed by atoms with Gasteiger partial charge in [0.1, 0.15) is 0 Å². The van der Waals surface area contributed by atoms with E-state index in [1.165, 1.54) is 11.3 Å². The number of hydrogen-bond acceptors (Lipinski definition) is 4.